The number of ether oxygens (including phenoxy) is 1. The van der Waals surface area contributed by atoms with Crippen molar-refractivity contribution in [3.8, 4) is 0 Å². The van der Waals surface area contributed by atoms with Gasteiger partial charge in [0.1, 0.15) is 0 Å². The summed E-state index contributed by atoms with van der Waals surface area (Å²) in [5.74, 6) is 0. The number of nitrogens with zero attached hydrogens (tertiary/aromatic N) is 2. The third-order valence-electron chi connectivity index (χ3n) is 4.12. The number of carbonyl (C=O) groups excluding carboxylic acids is 1. The maximum absolute atomic E-state index is 11.6. The van der Waals surface area contributed by atoms with E-state index in [-0.39, 0.29) is 6.09 Å². The van der Waals surface area contributed by atoms with Gasteiger partial charge in [-0.3, -0.25) is 5.43 Å². The molecule has 1 aliphatic carbocycles. The Bertz CT molecular complexity index is 412. The minimum absolute atomic E-state index is 0.232. The highest BCUT2D eigenvalue weighted by atomic mass is 32.1. The molecule has 0 radical (unpaired) electrons. The molecule has 0 atom stereocenters. The second-order valence-electron chi connectivity index (χ2n) is 5.78. The number of hydrogen-bond acceptors (Lipinski definition) is 4. The summed E-state index contributed by atoms with van der Waals surface area (Å²) in [4.78, 5) is 13.3. The molecule has 2 rings (SSSR count). The molecule has 1 saturated carbocycles. The molecule has 2 N–H and O–H groups in total. The van der Waals surface area contributed by atoms with Gasteiger partial charge in [-0.1, -0.05) is 19.3 Å². The second kappa shape index (κ2) is 8.92. The average Bonchev–Trinajstić information content (AvgIpc) is 2.54. The van der Waals surface area contributed by atoms with E-state index in [1.165, 1.54) is 32.1 Å². The lowest BCUT2D eigenvalue weighted by atomic mass is 9.96. The van der Waals surface area contributed by atoms with Gasteiger partial charge in [0.25, 0.3) is 0 Å². The van der Waals surface area contributed by atoms with Gasteiger partial charge < -0.3 is 15.0 Å². The zero-order valence-electron chi connectivity index (χ0n) is 13.3. The van der Waals surface area contributed by atoms with E-state index < -0.39 is 0 Å². The lowest BCUT2D eigenvalue weighted by molar-refractivity contribution is 0.107. The van der Waals surface area contributed by atoms with Crippen molar-refractivity contribution in [3.05, 3.63) is 0 Å². The van der Waals surface area contributed by atoms with Gasteiger partial charge in [0.05, 0.1) is 6.61 Å². The molecule has 1 heterocycles. The Morgan fingerprint density at radius 1 is 1.32 bits per heavy atom. The summed E-state index contributed by atoms with van der Waals surface area (Å²) in [6, 6.07) is 0.486. The molecule has 0 unspecified atom stereocenters. The largest absolute Gasteiger partial charge is 0.450 e. The molecular weight excluding hydrogens is 300 g/mol. The molecule has 1 amide bonds. The van der Waals surface area contributed by atoms with Crippen LogP contribution in [0.4, 0.5) is 4.79 Å². The van der Waals surface area contributed by atoms with Gasteiger partial charge in [-0.05, 0) is 32.0 Å². The summed E-state index contributed by atoms with van der Waals surface area (Å²) in [7, 11) is 0. The molecule has 0 aromatic heterocycles. The summed E-state index contributed by atoms with van der Waals surface area (Å²) in [6.45, 7) is 3.54. The standard InChI is InChI=1S/C15H26N4O2S/c1-2-21-15(20)19-10-8-13(9-11-19)17-18-14(22)16-12-6-4-3-5-7-12/h12H,2-11H2,1H3,(H2,16,18,22). The first-order valence-electron chi connectivity index (χ1n) is 8.22. The monoisotopic (exact) mass is 326 g/mol. The fraction of sp³-hybridized carbons (Fsp3) is 0.800. The van der Waals surface area contributed by atoms with Gasteiger partial charge in [0.15, 0.2) is 5.11 Å². The predicted octanol–water partition coefficient (Wildman–Crippen LogP) is 2.39. The predicted molar refractivity (Wildman–Crippen MR) is 91.0 cm³/mol. The number of hydrogen-bond donors (Lipinski definition) is 2. The van der Waals surface area contributed by atoms with Gasteiger partial charge in [0.2, 0.25) is 0 Å². The number of carbonyl (C=O) groups is 1. The van der Waals surface area contributed by atoms with Crippen LogP contribution in [0.2, 0.25) is 0 Å². The Morgan fingerprint density at radius 2 is 2.00 bits per heavy atom. The minimum Gasteiger partial charge on any atom is -0.450 e. The van der Waals surface area contributed by atoms with Crippen molar-refractivity contribution in [2.24, 2.45) is 5.10 Å². The van der Waals surface area contributed by atoms with Gasteiger partial charge in [-0.25, -0.2) is 4.79 Å². The normalized spacial score (nSPS) is 19.5. The SMILES string of the molecule is CCOC(=O)N1CCC(=NNC(=S)NC2CCCCC2)CC1. The van der Waals surface area contributed by atoms with Crippen molar-refractivity contribution < 1.29 is 9.53 Å². The van der Waals surface area contributed by atoms with E-state index in [4.69, 9.17) is 17.0 Å². The molecule has 22 heavy (non-hydrogen) atoms. The van der Waals surface area contributed by atoms with Crippen LogP contribution >= 0.6 is 12.2 Å². The average molecular weight is 326 g/mol. The van der Waals surface area contributed by atoms with Crippen LogP contribution in [-0.2, 0) is 4.74 Å². The number of thiocarbonyl (C=S) groups is 1. The highest BCUT2D eigenvalue weighted by Crippen LogP contribution is 2.17. The topological polar surface area (TPSA) is 66.0 Å². The summed E-state index contributed by atoms with van der Waals surface area (Å²) >= 11 is 5.29. The molecule has 0 aromatic rings. The van der Waals surface area contributed by atoms with Crippen molar-refractivity contribution in [2.45, 2.75) is 57.9 Å². The molecule has 0 bridgehead atoms. The van der Waals surface area contributed by atoms with Gasteiger partial charge in [-0.15, -0.1) is 0 Å². The quantitative estimate of drug-likeness (QED) is 0.616. The summed E-state index contributed by atoms with van der Waals surface area (Å²) in [5, 5.41) is 8.31. The van der Waals surface area contributed by atoms with E-state index in [1.807, 2.05) is 6.92 Å². The van der Waals surface area contributed by atoms with Crippen LogP contribution in [0.5, 0.6) is 0 Å². The van der Waals surface area contributed by atoms with Crippen molar-refractivity contribution in [1.29, 1.82) is 0 Å². The number of likely N-dealkylation sites (tertiary alicyclic amines) is 1. The van der Waals surface area contributed by atoms with Gasteiger partial charge >= 0.3 is 6.09 Å². The first kappa shape index (κ1) is 17.0. The van der Waals surface area contributed by atoms with Gasteiger partial charge in [0, 0.05) is 37.7 Å². The lowest BCUT2D eigenvalue weighted by Gasteiger charge is -2.27. The van der Waals surface area contributed by atoms with Crippen molar-refractivity contribution >= 4 is 29.1 Å². The number of hydrazone groups is 1. The summed E-state index contributed by atoms with van der Waals surface area (Å²) in [5.41, 5.74) is 3.99. The smallest absolute Gasteiger partial charge is 0.409 e. The summed E-state index contributed by atoms with van der Waals surface area (Å²) < 4.78 is 5.00. The zero-order chi connectivity index (χ0) is 15.8. The molecule has 124 valence electrons. The number of amides is 1. The molecule has 2 fully saturated rings. The maximum atomic E-state index is 11.6. The van der Waals surface area contributed by atoms with Crippen molar-refractivity contribution in [3.63, 3.8) is 0 Å². The summed E-state index contributed by atoms with van der Waals surface area (Å²) in [6.07, 6.45) is 7.55. The third kappa shape index (κ3) is 5.44. The second-order valence-corrected chi connectivity index (χ2v) is 6.19. The highest BCUT2D eigenvalue weighted by Gasteiger charge is 2.20. The molecule has 1 saturated heterocycles. The van der Waals surface area contributed by atoms with Crippen LogP contribution in [-0.4, -0.2) is 47.6 Å². The first-order valence-corrected chi connectivity index (χ1v) is 8.63. The highest BCUT2D eigenvalue weighted by molar-refractivity contribution is 7.80. The molecule has 1 aliphatic heterocycles. The van der Waals surface area contributed by atoms with Gasteiger partial charge in [-0.2, -0.15) is 5.10 Å². The third-order valence-corrected chi connectivity index (χ3v) is 4.33. The zero-order valence-corrected chi connectivity index (χ0v) is 14.1. The van der Waals surface area contributed by atoms with Crippen LogP contribution in [0.15, 0.2) is 5.10 Å². The Morgan fingerprint density at radius 3 is 2.64 bits per heavy atom. The van der Waals surface area contributed by atoms with Crippen LogP contribution < -0.4 is 10.7 Å². The van der Waals surface area contributed by atoms with Crippen LogP contribution in [0.3, 0.4) is 0 Å². The van der Waals surface area contributed by atoms with Crippen molar-refractivity contribution in [1.82, 2.24) is 15.6 Å². The van der Waals surface area contributed by atoms with Crippen LogP contribution in [0, 0.1) is 0 Å². The number of rotatable bonds is 3. The molecule has 6 nitrogen and oxygen atoms in total. The van der Waals surface area contributed by atoms with Crippen molar-refractivity contribution in [2.75, 3.05) is 19.7 Å². The fourth-order valence-electron chi connectivity index (χ4n) is 2.87. The number of piperidine rings is 1. The first-order chi connectivity index (χ1) is 10.7. The molecular formula is C15H26N4O2S. The van der Waals surface area contributed by atoms with E-state index in [1.54, 1.807) is 4.90 Å². The molecule has 7 heteroatoms. The molecule has 0 aromatic carbocycles. The van der Waals surface area contributed by atoms with E-state index in [9.17, 15) is 4.79 Å². The van der Waals surface area contributed by atoms with E-state index in [0.717, 1.165) is 18.6 Å². The van der Waals surface area contributed by atoms with E-state index in [0.29, 0.717) is 30.9 Å². The van der Waals surface area contributed by atoms with Crippen LogP contribution in [0.1, 0.15) is 51.9 Å². The fourth-order valence-corrected chi connectivity index (χ4v) is 3.08. The minimum atomic E-state index is -0.232. The molecule has 0 spiro atoms. The van der Waals surface area contributed by atoms with E-state index in [2.05, 4.69) is 15.8 Å². The Labute approximate surface area is 137 Å². The van der Waals surface area contributed by atoms with E-state index >= 15 is 0 Å². The maximum Gasteiger partial charge on any atom is 0.409 e. The van der Waals surface area contributed by atoms with Crippen LogP contribution in [0.25, 0.3) is 0 Å². The Kier molecular flexibility index (Phi) is 6.89. The lowest BCUT2D eigenvalue weighted by Crippen LogP contribution is -2.42. The Hall–Kier alpha value is -1.37. The Balaban J connectivity index is 1.68. The molecule has 2 aliphatic rings. The number of nitrogens with one attached hydrogen (secondary N) is 2.